The summed E-state index contributed by atoms with van der Waals surface area (Å²) in [7, 11) is -4.06. The number of sulfonamides is 1. The molecule has 2 amide bonds. The fourth-order valence-electron chi connectivity index (χ4n) is 2.52. The molecule has 0 aliphatic rings. The van der Waals surface area contributed by atoms with Crippen LogP contribution in [0.5, 0.6) is 0 Å². The molecule has 1 aromatic heterocycles. The number of hydrazine groups is 1. The maximum Gasteiger partial charge on any atom is 0.269 e. The highest BCUT2D eigenvalue weighted by Crippen LogP contribution is 2.19. The summed E-state index contributed by atoms with van der Waals surface area (Å²) in [5.74, 6) is -1.30. The van der Waals surface area contributed by atoms with E-state index in [2.05, 4.69) is 21.0 Å². The lowest BCUT2D eigenvalue weighted by atomic mass is 10.2. The smallest absolute Gasteiger partial charge is 0.269 e. The molecule has 0 atom stereocenters. The fourth-order valence-corrected chi connectivity index (χ4v) is 3.36. The molecule has 160 valence electrons. The van der Waals surface area contributed by atoms with Gasteiger partial charge in [0, 0.05) is 24.5 Å². The highest BCUT2D eigenvalue weighted by Gasteiger charge is 2.18. The van der Waals surface area contributed by atoms with Gasteiger partial charge in [0.25, 0.3) is 15.9 Å². The molecule has 3 aromatic rings. The quantitative estimate of drug-likeness (QED) is 0.416. The van der Waals surface area contributed by atoms with Gasteiger partial charge in [0.15, 0.2) is 0 Å². The van der Waals surface area contributed by atoms with E-state index in [0.717, 1.165) is 0 Å². The van der Waals surface area contributed by atoms with Crippen molar-refractivity contribution in [2.24, 2.45) is 0 Å². The van der Waals surface area contributed by atoms with Crippen LogP contribution in [-0.4, -0.2) is 25.2 Å². The summed E-state index contributed by atoms with van der Waals surface area (Å²) < 4.78 is 37.9. The Morgan fingerprint density at radius 2 is 1.58 bits per heavy atom. The maximum atomic E-state index is 13.1. The number of pyridine rings is 1. The van der Waals surface area contributed by atoms with E-state index in [4.69, 9.17) is 0 Å². The van der Waals surface area contributed by atoms with Crippen LogP contribution in [0.2, 0.25) is 0 Å². The number of halogens is 1. The van der Waals surface area contributed by atoms with E-state index in [-0.39, 0.29) is 22.2 Å². The van der Waals surface area contributed by atoms with Gasteiger partial charge in [-0.2, -0.15) is 0 Å². The Labute approximate surface area is 177 Å². The minimum atomic E-state index is -4.06. The van der Waals surface area contributed by atoms with Gasteiger partial charge in [-0.15, -0.1) is 4.83 Å². The molecule has 31 heavy (non-hydrogen) atoms. The van der Waals surface area contributed by atoms with Gasteiger partial charge < -0.3 is 10.6 Å². The Hall–Kier alpha value is -3.83. The van der Waals surface area contributed by atoms with Crippen LogP contribution in [0.1, 0.15) is 17.3 Å². The predicted octanol–water partition coefficient (Wildman–Crippen LogP) is 2.55. The monoisotopic (exact) mass is 443 g/mol. The van der Waals surface area contributed by atoms with Gasteiger partial charge in [-0.05, 0) is 60.7 Å². The van der Waals surface area contributed by atoms with Crippen molar-refractivity contribution in [2.75, 3.05) is 10.6 Å². The van der Waals surface area contributed by atoms with E-state index < -0.39 is 21.7 Å². The average Bonchev–Trinajstić information content (AvgIpc) is 2.74. The zero-order chi connectivity index (χ0) is 22.4. The Kier molecular flexibility index (Phi) is 6.58. The van der Waals surface area contributed by atoms with Gasteiger partial charge in [0.1, 0.15) is 11.6 Å². The number of rotatable bonds is 7. The summed E-state index contributed by atoms with van der Waals surface area (Å²) in [4.78, 5) is 29.6. The first kappa shape index (κ1) is 21.9. The van der Waals surface area contributed by atoms with Crippen molar-refractivity contribution >= 4 is 39.0 Å². The van der Waals surface area contributed by atoms with E-state index in [9.17, 15) is 22.4 Å². The number of aromatic nitrogens is 1. The van der Waals surface area contributed by atoms with Crippen LogP contribution in [0.25, 0.3) is 0 Å². The molecule has 0 saturated heterocycles. The summed E-state index contributed by atoms with van der Waals surface area (Å²) >= 11 is 0. The Morgan fingerprint density at radius 1 is 0.935 bits per heavy atom. The first-order chi connectivity index (χ1) is 14.7. The molecular weight excluding hydrogens is 425 g/mol. The van der Waals surface area contributed by atoms with Crippen LogP contribution in [0, 0.1) is 5.82 Å². The Bertz CT molecular complexity index is 1200. The van der Waals surface area contributed by atoms with Gasteiger partial charge >= 0.3 is 0 Å². The van der Waals surface area contributed by atoms with Crippen LogP contribution in [0.15, 0.2) is 71.8 Å². The summed E-state index contributed by atoms with van der Waals surface area (Å²) in [6.45, 7) is 1.33. The molecular formula is C20H18FN5O4S. The van der Waals surface area contributed by atoms with E-state index in [0.29, 0.717) is 11.4 Å². The lowest BCUT2D eigenvalue weighted by Gasteiger charge is -2.12. The van der Waals surface area contributed by atoms with Crippen molar-refractivity contribution < 1.29 is 22.4 Å². The number of hydrogen-bond acceptors (Lipinski definition) is 6. The normalized spacial score (nSPS) is 10.9. The van der Waals surface area contributed by atoms with Crippen LogP contribution in [0.4, 0.5) is 21.6 Å². The number of carbonyl (C=O) groups is 2. The van der Waals surface area contributed by atoms with Gasteiger partial charge in [-0.3, -0.25) is 15.0 Å². The van der Waals surface area contributed by atoms with Crippen LogP contribution >= 0.6 is 0 Å². The molecule has 4 N–H and O–H groups in total. The zero-order valence-corrected chi connectivity index (χ0v) is 17.0. The topological polar surface area (TPSA) is 129 Å². The van der Waals surface area contributed by atoms with Crippen molar-refractivity contribution in [3.8, 4) is 0 Å². The van der Waals surface area contributed by atoms with Gasteiger partial charge in [0.2, 0.25) is 5.91 Å². The highest BCUT2D eigenvalue weighted by molar-refractivity contribution is 7.89. The molecule has 0 saturated carbocycles. The van der Waals surface area contributed by atoms with Crippen molar-refractivity contribution in [3.63, 3.8) is 0 Å². The molecule has 0 spiro atoms. The first-order valence-electron chi connectivity index (χ1n) is 8.92. The fraction of sp³-hybridized carbons (Fsp3) is 0.0500. The summed E-state index contributed by atoms with van der Waals surface area (Å²) in [5.41, 5.74) is 3.13. The van der Waals surface area contributed by atoms with Crippen molar-refractivity contribution in [1.82, 2.24) is 15.2 Å². The third-order valence-corrected chi connectivity index (χ3v) is 5.21. The van der Waals surface area contributed by atoms with E-state index in [1.54, 1.807) is 0 Å². The third kappa shape index (κ3) is 5.84. The van der Waals surface area contributed by atoms with Gasteiger partial charge in [-0.25, -0.2) is 17.8 Å². The SMILES string of the molecule is CC(=O)Nc1ccc(S(=O)(=O)NNC(=O)c2cccnc2Nc2ccc(F)cc2)cc1. The van der Waals surface area contributed by atoms with Crippen LogP contribution < -0.4 is 20.9 Å². The summed E-state index contributed by atoms with van der Waals surface area (Å²) in [5, 5.41) is 5.41. The summed E-state index contributed by atoms with van der Waals surface area (Å²) in [6, 6.07) is 13.8. The van der Waals surface area contributed by atoms with Gasteiger partial charge in [0.05, 0.1) is 10.5 Å². The van der Waals surface area contributed by atoms with E-state index >= 15 is 0 Å². The molecule has 0 radical (unpaired) electrons. The van der Waals surface area contributed by atoms with Crippen molar-refractivity contribution in [1.29, 1.82) is 0 Å². The van der Waals surface area contributed by atoms with Crippen molar-refractivity contribution in [3.05, 3.63) is 78.2 Å². The lowest BCUT2D eigenvalue weighted by molar-refractivity contribution is -0.114. The molecule has 9 nitrogen and oxygen atoms in total. The van der Waals surface area contributed by atoms with E-state index in [1.807, 2.05) is 4.83 Å². The molecule has 0 unspecified atom stereocenters. The average molecular weight is 443 g/mol. The second-order valence-corrected chi connectivity index (χ2v) is 7.98. The number of carbonyl (C=O) groups excluding carboxylic acids is 2. The Balaban J connectivity index is 1.70. The number of anilines is 3. The number of hydrogen-bond donors (Lipinski definition) is 4. The van der Waals surface area contributed by atoms with E-state index in [1.165, 1.54) is 73.8 Å². The second kappa shape index (κ2) is 9.32. The predicted molar refractivity (Wildman–Crippen MR) is 112 cm³/mol. The largest absolute Gasteiger partial charge is 0.340 e. The third-order valence-electron chi connectivity index (χ3n) is 3.94. The highest BCUT2D eigenvalue weighted by atomic mass is 32.2. The molecule has 2 aromatic carbocycles. The van der Waals surface area contributed by atoms with Crippen LogP contribution in [0.3, 0.4) is 0 Å². The molecule has 0 fully saturated rings. The van der Waals surface area contributed by atoms with Crippen molar-refractivity contribution in [2.45, 2.75) is 11.8 Å². The zero-order valence-electron chi connectivity index (χ0n) is 16.2. The number of nitrogens with one attached hydrogen (secondary N) is 4. The molecule has 0 aliphatic heterocycles. The number of benzene rings is 2. The molecule has 0 aliphatic carbocycles. The number of amides is 2. The molecule has 0 bridgehead atoms. The lowest BCUT2D eigenvalue weighted by Crippen LogP contribution is -2.41. The maximum absolute atomic E-state index is 13.1. The van der Waals surface area contributed by atoms with Gasteiger partial charge in [-0.1, -0.05) is 0 Å². The molecule has 3 rings (SSSR count). The molecule has 1 heterocycles. The standard InChI is InChI=1S/C20H18FN5O4S/c1-13(27)23-15-8-10-17(11-9-15)31(29,30)26-25-20(28)18-3-2-12-22-19(18)24-16-6-4-14(21)5-7-16/h2-12,26H,1H3,(H,22,24)(H,23,27)(H,25,28). The van der Waals surface area contributed by atoms with Crippen LogP contribution in [-0.2, 0) is 14.8 Å². The second-order valence-electron chi connectivity index (χ2n) is 6.30. The first-order valence-corrected chi connectivity index (χ1v) is 10.4. The summed E-state index contributed by atoms with van der Waals surface area (Å²) in [6.07, 6.45) is 1.45. The molecule has 11 heteroatoms. The minimum absolute atomic E-state index is 0.0653. The number of nitrogens with zero attached hydrogens (tertiary/aromatic N) is 1. The Morgan fingerprint density at radius 3 is 2.23 bits per heavy atom. The minimum Gasteiger partial charge on any atom is -0.340 e.